The molecule has 0 aliphatic carbocycles. The molecule has 0 unspecified atom stereocenters. The molecule has 0 bridgehead atoms. The second-order valence-corrected chi connectivity index (χ2v) is 10.2. The zero-order chi connectivity index (χ0) is 8.74. The molecule has 0 fully saturated rings. The van der Waals surface area contributed by atoms with E-state index in [1.165, 1.54) is 38.0 Å². The van der Waals surface area contributed by atoms with E-state index < -0.39 is 6.62 Å². The summed E-state index contributed by atoms with van der Waals surface area (Å²) in [7, 11) is 0. The van der Waals surface area contributed by atoms with Gasteiger partial charge in [-0.25, -0.2) is 0 Å². The molecule has 11 heavy (non-hydrogen) atoms. The first-order valence-electron chi connectivity index (χ1n) is 4.81. The van der Waals surface area contributed by atoms with Crippen LogP contribution in [0.25, 0.3) is 0 Å². The van der Waals surface area contributed by atoms with Crippen molar-refractivity contribution in [1.29, 1.82) is 0 Å². The van der Waals surface area contributed by atoms with E-state index in [9.17, 15) is 0 Å². The van der Waals surface area contributed by atoms with Crippen LogP contribution in [0.4, 0.5) is 0 Å². The van der Waals surface area contributed by atoms with Crippen LogP contribution in [0.2, 0.25) is 0 Å². The van der Waals surface area contributed by atoms with Crippen LogP contribution < -0.4 is 0 Å². The van der Waals surface area contributed by atoms with E-state index in [1.54, 1.807) is 0 Å². The van der Waals surface area contributed by atoms with E-state index >= 15 is 0 Å². The first-order chi connectivity index (χ1) is 5.12. The molecule has 0 saturated carbocycles. The minimum absolute atomic E-state index is 1.27. The standard InChI is InChI=1S/C9H22ClP/c1-4-6-8-11(3,10)9-7-5-2/h11H,4-9H2,1-3H3. The van der Waals surface area contributed by atoms with Gasteiger partial charge in [0.1, 0.15) is 0 Å². The Labute approximate surface area is 76.8 Å². The molecule has 0 aliphatic rings. The molecule has 0 saturated heterocycles. The predicted octanol–water partition coefficient (Wildman–Crippen LogP) is 4.12. The number of hydrogen-bond acceptors (Lipinski definition) is 0. The fourth-order valence-electron chi connectivity index (χ4n) is 1.22. The number of halogens is 1. The van der Waals surface area contributed by atoms with Gasteiger partial charge in [-0.05, 0) is 0 Å². The van der Waals surface area contributed by atoms with Crippen molar-refractivity contribution in [1.82, 2.24) is 0 Å². The van der Waals surface area contributed by atoms with Gasteiger partial charge in [0.2, 0.25) is 0 Å². The molecule has 0 radical (unpaired) electrons. The molecule has 2 heteroatoms. The molecular formula is C9H22ClP. The fraction of sp³-hybridized carbons (Fsp3) is 1.00. The van der Waals surface area contributed by atoms with E-state index in [0.29, 0.717) is 0 Å². The number of rotatable bonds is 6. The van der Waals surface area contributed by atoms with Gasteiger partial charge in [0.25, 0.3) is 0 Å². The fourth-order valence-corrected chi connectivity index (χ4v) is 4.45. The minimum atomic E-state index is -1.27. The molecule has 0 N–H and O–H groups in total. The van der Waals surface area contributed by atoms with Crippen LogP contribution >= 0.6 is 17.9 Å². The van der Waals surface area contributed by atoms with Gasteiger partial charge in [-0.1, -0.05) is 0 Å². The van der Waals surface area contributed by atoms with Crippen molar-refractivity contribution in [2.45, 2.75) is 39.5 Å². The van der Waals surface area contributed by atoms with E-state index in [4.69, 9.17) is 11.2 Å². The van der Waals surface area contributed by atoms with Gasteiger partial charge in [-0.3, -0.25) is 0 Å². The van der Waals surface area contributed by atoms with Crippen LogP contribution in [-0.2, 0) is 0 Å². The molecule has 0 aliphatic heterocycles. The molecule has 0 aromatic carbocycles. The molecule has 0 nitrogen and oxygen atoms in total. The molecule has 70 valence electrons. The van der Waals surface area contributed by atoms with Gasteiger partial charge >= 0.3 is 76.4 Å². The van der Waals surface area contributed by atoms with Gasteiger partial charge < -0.3 is 0 Å². The third-order valence-electron chi connectivity index (χ3n) is 2.10. The molecule has 0 aromatic heterocycles. The summed E-state index contributed by atoms with van der Waals surface area (Å²) in [4.78, 5) is 0. The topological polar surface area (TPSA) is 0 Å². The van der Waals surface area contributed by atoms with Gasteiger partial charge in [0.05, 0.1) is 0 Å². The van der Waals surface area contributed by atoms with Crippen LogP contribution in [0, 0.1) is 0 Å². The Bertz CT molecular complexity index is 81.6. The van der Waals surface area contributed by atoms with Gasteiger partial charge in [0, 0.05) is 0 Å². The normalized spacial score (nSPS) is 13.5. The average molecular weight is 197 g/mol. The Morgan fingerprint density at radius 2 is 1.36 bits per heavy atom. The summed E-state index contributed by atoms with van der Waals surface area (Å²) in [6, 6.07) is 0. The molecule has 0 atom stereocenters. The van der Waals surface area contributed by atoms with Crippen molar-refractivity contribution in [2.24, 2.45) is 0 Å². The molecule has 0 rings (SSSR count). The molecule has 0 aromatic rings. The molecule has 0 spiro atoms. The Balaban J connectivity index is 3.43. The van der Waals surface area contributed by atoms with Crippen molar-refractivity contribution < 1.29 is 0 Å². The van der Waals surface area contributed by atoms with Crippen molar-refractivity contribution >= 4 is 17.9 Å². The second-order valence-electron chi connectivity index (χ2n) is 3.62. The van der Waals surface area contributed by atoms with Gasteiger partial charge in [-0.2, -0.15) is 0 Å². The summed E-state index contributed by atoms with van der Waals surface area (Å²) >= 11 is 6.43. The van der Waals surface area contributed by atoms with E-state index in [1.807, 2.05) is 0 Å². The first-order valence-corrected chi connectivity index (χ1v) is 8.74. The van der Waals surface area contributed by atoms with Gasteiger partial charge in [0.15, 0.2) is 0 Å². The van der Waals surface area contributed by atoms with E-state index in [-0.39, 0.29) is 0 Å². The molecule has 0 heterocycles. The summed E-state index contributed by atoms with van der Waals surface area (Å²) in [5.41, 5.74) is 0. The van der Waals surface area contributed by atoms with Gasteiger partial charge in [-0.15, -0.1) is 0 Å². The summed E-state index contributed by atoms with van der Waals surface area (Å²) in [5, 5.41) is 0. The molecular weight excluding hydrogens is 175 g/mol. The number of unbranched alkanes of at least 4 members (excludes halogenated alkanes) is 2. The predicted molar refractivity (Wildman–Crippen MR) is 59.6 cm³/mol. The van der Waals surface area contributed by atoms with Crippen molar-refractivity contribution in [3.05, 3.63) is 0 Å². The van der Waals surface area contributed by atoms with Crippen molar-refractivity contribution in [2.75, 3.05) is 19.0 Å². The quantitative estimate of drug-likeness (QED) is 0.561. The Morgan fingerprint density at radius 3 is 1.64 bits per heavy atom. The second kappa shape index (κ2) is 6.26. The molecule has 0 amide bonds. The zero-order valence-corrected chi connectivity index (χ0v) is 9.88. The van der Waals surface area contributed by atoms with Crippen LogP contribution in [-0.4, -0.2) is 19.0 Å². The average Bonchev–Trinajstić information content (AvgIpc) is 1.97. The summed E-state index contributed by atoms with van der Waals surface area (Å²) in [6.07, 6.45) is 7.87. The Kier molecular flexibility index (Phi) is 6.67. The first kappa shape index (κ1) is 11.7. The Morgan fingerprint density at radius 1 is 1.00 bits per heavy atom. The summed E-state index contributed by atoms with van der Waals surface area (Å²) in [6.45, 7) is 5.51. The van der Waals surface area contributed by atoms with E-state index in [2.05, 4.69) is 20.5 Å². The zero-order valence-electron chi connectivity index (χ0n) is 8.12. The van der Waals surface area contributed by atoms with Crippen LogP contribution in [0.3, 0.4) is 0 Å². The maximum atomic E-state index is 6.43. The monoisotopic (exact) mass is 196 g/mol. The third-order valence-corrected chi connectivity index (χ3v) is 6.03. The van der Waals surface area contributed by atoms with Crippen LogP contribution in [0.5, 0.6) is 0 Å². The van der Waals surface area contributed by atoms with Crippen LogP contribution in [0.1, 0.15) is 39.5 Å². The summed E-state index contributed by atoms with van der Waals surface area (Å²) < 4.78 is 0. The van der Waals surface area contributed by atoms with Crippen molar-refractivity contribution in [3.8, 4) is 0 Å². The SMILES string of the molecule is CCCC[PH](C)(Cl)CCCC. The van der Waals surface area contributed by atoms with Crippen molar-refractivity contribution in [3.63, 3.8) is 0 Å². The third kappa shape index (κ3) is 7.09. The Hall–Kier alpha value is 0.720. The number of hydrogen-bond donors (Lipinski definition) is 0. The maximum absolute atomic E-state index is 6.43. The van der Waals surface area contributed by atoms with Crippen LogP contribution in [0.15, 0.2) is 0 Å². The summed E-state index contributed by atoms with van der Waals surface area (Å²) in [5.74, 6) is 0. The van der Waals surface area contributed by atoms with E-state index in [0.717, 1.165) is 0 Å².